The van der Waals surface area contributed by atoms with Gasteiger partial charge in [-0.1, -0.05) is 46.6 Å². The van der Waals surface area contributed by atoms with E-state index in [1.165, 1.54) is 0 Å². The lowest BCUT2D eigenvalue weighted by molar-refractivity contribution is -0.143. The first-order valence-electron chi connectivity index (χ1n) is 10.2. The van der Waals surface area contributed by atoms with Gasteiger partial charge < -0.3 is 15.0 Å². The summed E-state index contributed by atoms with van der Waals surface area (Å²) in [5.74, 6) is 0.163. The first kappa shape index (κ1) is 25.2. The summed E-state index contributed by atoms with van der Waals surface area (Å²) in [6.45, 7) is 9.73. The van der Waals surface area contributed by atoms with Crippen LogP contribution in [0.15, 0.2) is 46.9 Å². The summed E-state index contributed by atoms with van der Waals surface area (Å²) in [4.78, 5) is 27.7. The minimum Gasteiger partial charge on any atom is -0.484 e. The van der Waals surface area contributed by atoms with Crippen molar-refractivity contribution in [2.45, 2.75) is 59.2 Å². The molecule has 0 heterocycles. The summed E-state index contributed by atoms with van der Waals surface area (Å²) in [5, 5.41) is 3.61. The monoisotopic (exact) mass is 508 g/mol. The lowest BCUT2D eigenvalue weighted by Crippen LogP contribution is -2.54. The average molecular weight is 510 g/mol. The summed E-state index contributed by atoms with van der Waals surface area (Å²) in [5.41, 5.74) is 1.50. The zero-order chi connectivity index (χ0) is 23.2. The Balaban J connectivity index is 2.23. The van der Waals surface area contributed by atoms with Gasteiger partial charge in [-0.25, -0.2) is 0 Å². The molecule has 0 fully saturated rings. The molecule has 5 nitrogen and oxygen atoms in total. The Hall–Kier alpha value is -2.05. The van der Waals surface area contributed by atoms with Gasteiger partial charge in [-0.3, -0.25) is 9.59 Å². The van der Waals surface area contributed by atoms with Crippen molar-refractivity contribution >= 4 is 39.3 Å². The van der Waals surface area contributed by atoms with E-state index in [2.05, 4.69) is 21.2 Å². The molecule has 0 unspecified atom stereocenters. The third-order valence-corrected chi connectivity index (χ3v) is 5.78. The zero-order valence-corrected chi connectivity index (χ0v) is 21.0. The van der Waals surface area contributed by atoms with E-state index in [1.54, 1.807) is 23.1 Å². The van der Waals surface area contributed by atoms with Crippen LogP contribution in [0.25, 0.3) is 0 Å². The van der Waals surface area contributed by atoms with Crippen LogP contribution in [0.2, 0.25) is 5.02 Å². The molecular weight excluding hydrogens is 480 g/mol. The summed E-state index contributed by atoms with van der Waals surface area (Å²) in [6.07, 6.45) is 0.485. The lowest BCUT2D eigenvalue weighted by Gasteiger charge is -2.33. The maximum Gasteiger partial charge on any atom is 0.261 e. The van der Waals surface area contributed by atoms with Gasteiger partial charge in [0.05, 0.1) is 0 Å². The normalized spacial score (nSPS) is 12.2. The molecule has 0 saturated carbocycles. The number of nitrogens with zero attached hydrogens (tertiary/aromatic N) is 1. The summed E-state index contributed by atoms with van der Waals surface area (Å²) in [6, 6.07) is 12.2. The highest BCUT2D eigenvalue weighted by atomic mass is 79.9. The maximum atomic E-state index is 13.2. The standard InChI is InChI=1S/C24H30BrClN2O3/c1-6-21(23(30)27-24(3,4)5)28(14-17-7-9-18(26)10-8-17)22(29)15-31-19-11-12-20(25)16(2)13-19/h7-13,21H,6,14-15H2,1-5H3,(H,27,30)/t21-/m1/s1. The highest BCUT2D eigenvalue weighted by molar-refractivity contribution is 9.10. The minimum absolute atomic E-state index is 0.159. The molecule has 0 aliphatic rings. The Bertz CT molecular complexity index is 910. The highest BCUT2D eigenvalue weighted by Gasteiger charge is 2.30. The number of ether oxygens (including phenoxy) is 1. The van der Waals surface area contributed by atoms with E-state index in [1.807, 2.05) is 58.9 Å². The topological polar surface area (TPSA) is 58.6 Å². The molecule has 0 radical (unpaired) electrons. The van der Waals surface area contributed by atoms with Crippen LogP contribution in [0.1, 0.15) is 45.2 Å². The summed E-state index contributed by atoms with van der Waals surface area (Å²) >= 11 is 9.46. The number of carbonyl (C=O) groups is 2. The van der Waals surface area contributed by atoms with Crippen LogP contribution in [0.4, 0.5) is 0 Å². The maximum absolute atomic E-state index is 13.2. The van der Waals surface area contributed by atoms with Gasteiger partial charge in [-0.2, -0.15) is 0 Å². The molecule has 0 aliphatic heterocycles. The third kappa shape index (κ3) is 7.86. The van der Waals surface area contributed by atoms with Gasteiger partial charge in [0.2, 0.25) is 5.91 Å². The van der Waals surface area contributed by atoms with Crippen molar-refractivity contribution in [1.82, 2.24) is 10.2 Å². The molecule has 0 aliphatic carbocycles. The van der Waals surface area contributed by atoms with Crippen molar-refractivity contribution in [1.29, 1.82) is 0 Å². The number of hydrogen-bond acceptors (Lipinski definition) is 3. The fraction of sp³-hybridized carbons (Fsp3) is 0.417. The molecule has 168 valence electrons. The Labute approximate surface area is 198 Å². The van der Waals surface area contributed by atoms with Gasteiger partial charge in [0, 0.05) is 21.6 Å². The fourth-order valence-corrected chi connectivity index (χ4v) is 3.47. The Morgan fingerprint density at radius 1 is 1.16 bits per heavy atom. The zero-order valence-electron chi connectivity index (χ0n) is 18.7. The summed E-state index contributed by atoms with van der Waals surface area (Å²) in [7, 11) is 0. The van der Waals surface area contributed by atoms with Gasteiger partial charge in [0.15, 0.2) is 6.61 Å². The molecule has 0 bridgehead atoms. The number of nitrogens with one attached hydrogen (secondary N) is 1. The van der Waals surface area contributed by atoms with E-state index in [0.29, 0.717) is 17.2 Å². The molecule has 0 spiro atoms. The molecule has 2 aromatic rings. The van der Waals surface area contributed by atoms with E-state index in [9.17, 15) is 9.59 Å². The predicted molar refractivity (Wildman–Crippen MR) is 128 cm³/mol. The average Bonchev–Trinajstić information content (AvgIpc) is 2.68. The van der Waals surface area contributed by atoms with Crippen molar-refractivity contribution in [3.63, 3.8) is 0 Å². The molecular formula is C24H30BrClN2O3. The van der Waals surface area contributed by atoms with E-state index in [0.717, 1.165) is 15.6 Å². The van der Waals surface area contributed by atoms with Crippen molar-refractivity contribution < 1.29 is 14.3 Å². The smallest absolute Gasteiger partial charge is 0.261 e. The van der Waals surface area contributed by atoms with Crippen molar-refractivity contribution in [2.24, 2.45) is 0 Å². The van der Waals surface area contributed by atoms with Crippen LogP contribution in [0.5, 0.6) is 5.75 Å². The van der Waals surface area contributed by atoms with Crippen molar-refractivity contribution in [2.75, 3.05) is 6.61 Å². The van der Waals surface area contributed by atoms with Crippen molar-refractivity contribution in [3.8, 4) is 5.75 Å². The number of aryl methyl sites for hydroxylation is 1. The lowest BCUT2D eigenvalue weighted by atomic mass is 10.1. The molecule has 2 aromatic carbocycles. The number of carbonyl (C=O) groups excluding carboxylic acids is 2. The van der Waals surface area contributed by atoms with E-state index >= 15 is 0 Å². The van der Waals surface area contributed by atoms with Gasteiger partial charge in [0.1, 0.15) is 11.8 Å². The second-order valence-electron chi connectivity index (χ2n) is 8.51. The van der Waals surface area contributed by atoms with Gasteiger partial charge >= 0.3 is 0 Å². The second kappa shape index (κ2) is 11.0. The largest absolute Gasteiger partial charge is 0.484 e. The molecule has 0 aromatic heterocycles. The fourth-order valence-electron chi connectivity index (χ4n) is 3.09. The Morgan fingerprint density at radius 3 is 2.35 bits per heavy atom. The van der Waals surface area contributed by atoms with Crippen LogP contribution in [0, 0.1) is 6.92 Å². The Morgan fingerprint density at radius 2 is 1.81 bits per heavy atom. The molecule has 1 atom stereocenters. The Kier molecular flexibility index (Phi) is 8.95. The molecule has 1 N–H and O–H groups in total. The minimum atomic E-state index is -0.613. The van der Waals surface area contributed by atoms with E-state index < -0.39 is 11.6 Å². The van der Waals surface area contributed by atoms with Gasteiger partial charge in [0.25, 0.3) is 5.91 Å². The predicted octanol–water partition coefficient (Wildman–Crippen LogP) is 5.51. The van der Waals surface area contributed by atoms with Gasteiger partial charge in [-0.05, 0) is 75.6 Å². The summed E-state index contributed by atoms with van der Waals surface area (Å²) < 4.78 is 6.72. The van der Waals surface area contributed by atoms with Crippen LogP contribution < -0.4 is 10.1 Å². The molecule has 2 rings (SSSR count). The highest BCUT2D eigenvalue weighted by Crippen LogP contribution is 2.22. The number of rotatable bonds is 8. The number of halogens is 2. The van der Waals surface area contributed by atoms with Gasteiger partial charge in [-0.15, -0.1) is 0 Å². The van der Waals surface area contributed by atoms with Crippen LogP contribution in [-0.4, -0.2) is 34.9 Å². The van der Waals surface area contributed by atoms with Crippen molar-refractivity contribution in [3.05, 3.63) is 63.1 Å². The van der Waals surface area contributed by atoms with Crippen LogP contribution in [0.3, 0.4) is 0 Å². The van der Waals surface area contributed by atoms with E-state index in [-0.39, 0.29) is 25.0 Å². The first-order chi connectivity index (χ1) is 14.5. The number of benzene rings is 2. The molecule has 2 amide bonds. The van der Waals surface area contributed by atoms with Crippen LogP contribution in [-0.2, 0) is 16.1 Å². The second-order valence-corrected chi connectivity index (χ2v) is 9.80. The number of hydrogen-bond donors (Lipinski definition) is 1. The quantitative estimate of drug-likeness (QED) is 0.510. The number of amides is 2. The molecule has 7 heteroatoms. The van der Waals surface area contributed by atoms with Crippen LogP contribution >= 0.6 is 27.5 Å². The van der Waals surface area contributed by atoms with E-state index in [4.69, 9.17) is 16.3 Å². The third-order valence-electron chi connectivity index (χ3n) is 4.64. The SMILES string of the molecule is CC[C@H](C(=O)NC(C)(C)C)N(Cc1ccc(Cl)cc1)C(=O)COc1ccc(Br)c(C)c1. The first-order valence-corrected chi connectivity index (χ1v) is 11.4. The molecule has 0 saturated heterocycles. The molecule has 31 heavy (non-hydrogen) atoms.